The molecule has 0 bridgehead atoms. The van der Waals surface area contributed by atoms with Crippen LogP contribution >= 0.6 is 35.3 Å². The van der Waals surface area contributed by atoms with Gasteiger partial charge in [-0.25, -0.2) is 9.78 Å². The number of aliphatic imine (C=N–C) groups is 1. The lowest BCUT2D eigenvalue weighted by atomic mass is 10.1. The molecule has 0 unspecified atom stereocenters. The van der Waals surface area contributed by atoms with Gasteiger partial charge in [0, 0.05) is 26.2 Å². The molecule has 3 aromatic rings. The number of ether oxygens (including phenoxy) is 1. The van der Waals surface area contributed by atoms with Gasteiger partial charge < -0.3 is 24.7 Å². The van der Waals surface area contributed by atoms with E-state index in [4.69, 9.17) is 9.15 Å². The van der Waals surface area contributed by atoms with Crippen LogP contribution in [0.2, 0.25) is 0 Å². The molecule has 2 aromatic heterocycles. The molecular formula is C22H28IN5O3S. The minimum Gasteiger partial charge on any atom is -0.457 e. The van der Waals surface area contributed by atoms with Gasteiger partial charge in [-0.3, -0.25) is 4.99 Å². The van der Waals surface area contributed by atoms with Gasteiger partial charge in [-0.2, -0.15) is 0 Å². The number of rotatable bonds is 5. The minimum absolute atomic E-state index is 0. The zero-order valence-corrected chi connectivity index (χ0v) is 21.3. The van der Waals surface area contributed by atoms with Gasteiger partial charge in [0.25, 0.3) is 0 Å². The maximum absolute atomic E-state index is 11.8. The van der Waals surface area contributed by atoms with Crippen molar-refractivity contribution in [3.8, 4) is 10.8 Å². The molecule has 172 valence electrons. The SMILES string of the molecule is CCOC(=O)N1CCC(NC(=NC)NCc2ccc(-c3nc4ccccc4s3)o2)CC1.I. The molecule has 8 nitrogen and oxygen atoms in total. The highest BCUT2D eigenvalue weighted by atomic mass is 127. The van der Waals surface area contributed by atoms with Crippen LogP contribution in [0, 0.1) is 0 Å². The molecule has 4 rings (SSSR count). The zero-order chi connectivity index (χ0) is 21.6. The van der Waals surface area contributed by atoms with E-state index in [0.29, 0.717) is 32.2 Å². The largest absolute Gasteiger partial charge is 0.457 e. The summed E-state index contributed by atoms with van der Waals surface area (Å²) in [6.45, 7) is 4.10. The number of nitrogens with one attached hydrogen (secondary N) is 2. The number of halogens is 1. The number of carbonyl (C=O) groups is 1. The number of piperidine rings is 1. The summed E-state index contributed by atoms with van der Waals surface area (Å²) in [4.78, 5) is 22.5. The molecule has 32 heavy (non-hydrogen) atoms. The van der Waals surface area contributed by atoms with Gasteiger partial charge in [-0.1, -0.05) is 12.1 Å². The van der Waals surface area contributed by atoms with Crippen LogP contribution in [0.15, 0.2) is 45.8 Å². The highest BCUT2D eigenvalue weighted by Crippen LogP contribution is 2.31. The Morgan fingerprint density at radius 3 is 2.78 bits per heavy atom. The molecule has 1 amide bonds. The normalized spacial score (nSPS) is 14.8. The van der Waals surface area contributed by atoms with Crippen LogP contribution < -0.4 is 10.6 Å². The molecule has 2 N–H and O–H groups in total. The molecule has 0 spiro atoms. The van der Waals surface area contributed by atoms with Crippen molar-refractivity contribution in [2.24, 2.45) is 4.99 Å². The van der Waals surface area contributed by atoms with E-state index in [2.05, 4.69) is 26.7 Å². The third kappa shape index (κ3) is 5.91. The lowest BCUT2D eigenvalue weighted by Gasteiger charge is -2.32. The minimum atomic E-state index is -0.231. The van der Waals surface area contributed by atoms with E-state index >= 15 is 0 Å². The fourth-order valence-corrected chi connectivity index (χ4v) is 4.47. The van der Waals surface area contributed by atoms with Crippen molar-refractivity contribution in [1.82, 2.24) is 20.5 Å². The smallest absolute Gasteiger partial charge is 0.409 e. The van der Waals surface area contributed by atoms with E-state index in [9.17, 15) is 4.79 Å². The van der Waals surface area contributed by atoms with Gasteiger partial charge in [-0.15, -0.1) is 35.3 Å². The molecule has 1 aliphatic heterocycles. The number of aromatic nitrogens is 1. The summed E-state index contributed by atoms with van der Waals surface area (Å²) >= 11 is 1.62. The first-order chi connectivity index (χ1) is 15.2. The average Bonchev–Trinajstić information content (AvgIpc) is 3.44. The summed E-state index contributed by atoms with van der Waals surface area (Å²) < 4.78 is 12.2. The lowest BCUT2D eigenvalue weighted by Crippen LogP contribution is -2.49. The average molecular weight is 569 g/mol. The molecule has 0 radical (unpaired) electrons. The van der Waals surface area contributed by atoms with Gasteiger partial charge in [-0.05, 0) is 44.0 Å². The fourth-order valence-electron chi connectivity index (χ4n) is 3.55. The van der Waals surface area contributed by atoms with Crippen molar-refractivity contribution in [3.05, 3.63) is 42.2 Å². The third-order valence-electron chi connectivity index (χ3n) is 5.18. The van der Waals surface area contributed by atoms with Gasteiger partial charge in [0.15, 0.2) is 16.7 Å². The van der Waals surface area contributed by atoms with Crippen molar-refractivity contribution >= 4 is 57.6 Å². The van der Waals surface area contributed by atoms with E-state index in [-0.39, 0.29) is 36.1 Å². The molecule has 10 heteroatoms. The van der Waals surface area contributed by atoms with Crippen molar-refractivity contribution < 1.29 is 13.9 Å². The number of nitrogens with zero attached hydrogens (tertiary/aromatic N) is 3. The van der Waals surface area contributed by atoms with Crippen LogP contribution in [0.25, 0.3) is 21.0 Å². The van der Waals surface area contributed by atoms with E-state index < -0.39 is 0 Å². The number of likely N-dealkylation sites (tertiary alicyclic amines) is 1. The summed E-state index contributed by atoms with van der Waals surface area (Å²) in [6, 6.07) is 12.2. The molecule has 1 fully saturated rings. The Morgan fingerprint density at radius 1 is 1.28 bits per heavy atom. The lowest BCUT2D eigenvalue weighted by molar-refractivity contribution is 0.0963. The van der Waals surface area contributed by atoms with Crippen LogP contribution in [-0.2, 0) is 11.3 Å². The summed E-state index contributed by atoms with van der Waals surface area (Å²) in [5, 5.41) is 7.61. The number of para-hydroxylation sites is 1. The van der Waals surface area contributed by atoms with Gasteiger partial charge in [0.05, 0.1) is 23.4 Å². The Bertz CT molecular complexity index is 1030. The standard InChI is InChI=1S/C22H27N5O3S.HI/c1-3-29-22(28)27-12-10-15(11-13-27)25-21(23-2)24-14-16-8-9-18(30-16)20-26-17-6-4-5-7-19(17)31-20;/h4-9,15H,3,10-14H2,1-2H3,(H2,23,24,25);1H. The fraction of sp³-hybridized carbons (Fsp3) is 0.409. The Balaban J connectivity index is 0.00000289. The van der Waals surface area contributed by atoms with E-state index in [1.807, 2.05) is 37.3 Å². The summed E-state index contributed by atoms with van der Waals surface area (Å²) in [6.07, 6.45) is 1.47. The van der Waals surface area contributed by atoms with Gasteiger partial charge in [0.2, 0.25) is 0 Å². The monoisotopic (exact) mass is 569 g/mol. The molecule has 1 saturated heterocycles. The number of amides is 1. The Labute approximate surface area is 208 Å². The molecule has 1 aliphatic rings. The summed E-state index contributed by atoms with van der Waals surface area (Å²) in [7, 11) is 1.75. The first kappa shape index (κ1) is 24.3. The summed E-state index contributed by atoms with van der Waals surface area (Å²) in [5.41, 5.74) is 0.984. The van der Waals surface area contributed by atoms with Crippen molar-refractivity contribution in [2.45, 2.75) is 32.4 Å². The third-order valence-corrected chi connectivity index (χ3v) is 6.23. The van der Waals surface area contributed by atoms with E-state index in [1.54, 1.807) is 23.3 Å². The second-order valence-electron chi connectivity index (χ2n) is 7.28. The van der Waals surface area contributed by atoms with Crippen molar-refractivity contribution in [1.29, 1.82) is 0 Å². The second-order valence-corrected chi connectivity index (χ2v) is 8.31. The maximum Gasteiger partial charge on any atom is 0.409 e. The Hall–Kier alpha value is -2.34. The predicted octanol–water partition coefficient (Wildman–Crippen LogP) is 4.46. The van der Waals surface area contributed by atoms with Crippen LogP contribution in [0.1, 0.15) is 25.5 Å². The second kappa shape index (κ2) is 11.5. The highest BCUT2D eigenvalue weighted by Gasteiger charge is 2.24. The molecule has 3 heterocycles. The van der Waals surface area contributed by atoms with Crippen LogP contribution in [0.3, 0.4) is 0 Å². The van der Waals surface area contributed by atoms with E-state index in [0.717, 1.165) is 39.6 Å². The number of fused-ring (bicyclic) bond motifs is 1. The molecule has 1 aromatic carbocycles. The van der Waals surface area contributed by atoms with E-state index in [1.165, 1.54) is 0 Å². The molecule has 0 aliphatic carbocycles. The quantitative estimate of drug-likeness (QED) is 0.268. The Kier molecular flexibility index (Phi) is 8.74. The molecular weight excluding hydrogens is 541 g/mol. The van der Waals surface area contributed by atoms with Crippen LogP contribution in [0.5, 0.6) is 0 Å². The van der Waals surface area contributed by atoms with Crippen molar-refractivity contribution in [3.63, 3.8) is 0 Å². The van der Waals surface area contributed by atoms with Crippen molar-refractivity contribution in [2.75, 3.05) is 26.7 Å². The maximum atomic E-state index is 11.8. The first-order valence-corrected chi connectivity index (χ1v) is 11.3. The summed E-state index contributed by atoms with van der Waals surface area (Å²) in [5.74, 6) is 2.30. The number of guanidine groups is 1. The predicted molar refractivity (Wildman–Crippen MR) is 138 cm³/mol. The van der Waals surface area contributed by atoms with Crippen LogP contribution in [0.4, 0.5) is 4.79 Å². The molecule has 0 atom stereocenters. The van der Waals surface area contributed by atoms with Crippen LogP contribution in [-0.4, -0.2) is 54.7 Å². The molecule has 0 saturated carbocycles. The number of carbonyl (C=O) groups excluding carboxylic acids is 1. The zero-order valence-electron chi connectivity index (χ0n) is 18.2. The number of thiazole rings is 1. The number of benzene rings is 1. The van der Waals surface area contributed by atoms with Gasteiger partial charge >= 0.3 is 6.09 Å². The number of furan rings is 1. The number of hydrogen-bond acceptors (Lipinski definition) is 6. The topological polar surface area (TPSA) is 92.0 Å². The number of hydrogen-bond donors (Lipinski definition) is 2. The Morgan fingerprint density at radius 2 is 2.06 bits per heavy atom. The first-order valence-electron chi connectivity index (χ1n) is 10.5. The van der Waals surface area contributed by atoms with Gasteiger partial charge in [0.1, 0.15) is 5.76 Å². The highest BCUT2D eigenvalue weighted by molar-refractivity contribution is 14.0.